The van der Waals surface area contributed by atoms with Gasteiger partial charge in [-0.3, -0.25) is 4.79 Å². The van der Waals surface area contributed by atoms with Gasteiger partial charge in [0.2, 0.25) is 0 Å². The fourth-order valence-corrected chi connectivity index (χ4v) is 1.16. The van der Waals surface area contributed by atoms with Crippen LogP contribution in [-0.2, 0) is 9.59 Å². The average molecular weight is 286 g/mol. The number of aliphatic carboxylic acids is 2. The highest BCUT2D eigenvalue weighted by Gasteiger charge is 2.33. The molecule has 0 aromatic heterocycles. The van der Waals surface area contributed by atoms with E-state index in [0.717, 1.165) is 0 Å². The summed E-state index contributed by atoms with van der Waals surface area (Å²) in [6.07, 6.45) is -5.55. The van der Waals surface area contributed by atoms with Crippen molar-refractivity contribution in [2.75, 3.05) is 13.1 Å². The molecular weight excluding hydrogens is 273 g/mol. The standard InChI is InChI=1S/C9H13F3N2O5/c1-2-14(4-9(10,11)12)8(19)13-5(7(17)18)3-6(15)16/h5H,2-4H2,1H3,(H,13,19)(H,15,16)(H,17,18). The molecule has 0 fully saturated rings. The van der Waals surface area contributed by atoms with Gasteiger partial charge in [0.25, 0.3) is 0 Å². The predicted molar refractivity (Wildman–Crippen MR) is 55.5 cm³/mol. The Hall–Kier alpha value is -2.00. The Bertz CT molecular complexity index is 358. The van der Waals surface area contributed by atoms with Crippen molar-refractivity contribution in [3.05, 3.63) is 0 Å². The number of hydrogen-bond acceptors (Lipinski definition) is 3. The number of amides is 2. The quantitative estimate of drug-likeness (QED) is 0.659. The molecule has 19 heavy (non-hydrogen) atoms. The van der Waals surface area contributed by atoms with E-state index in [2.05, 4.69) is 0 Å². The minimum atomic E-state index is -4.63. The summed E-state index contributed by atoms with van der Waals surface area (Å²) in [5, 5.41) is 18.8. The minimum absolute atomic E-state index is 0.301. The van der Waals surface area contributed by atoms with Gasteiger partial charge in [-0.25, -0.2) is 9.59 Å². The van der Waals surface area contributed by atoms with Crippen molar-refractivity contribution in [1.29, 1.82) is 0 Å². The molecule has 0 aromatic rings. The van der Waals surface area contributed by atoms with E-state index in [4.69, 9.17) is 10.2 Å². The zero-order chi connectivity index (χ0) is 15.2. The molecule has 0 aliphatic carbocycles. The number of carboxylic acids is 2. The van der Waals surface area contributed by atoms with Crippen LogP contribution < -0.4 is 5.32 Å². The third-order valence-electron chi connectivity index (χ3n) is 2.01. The van der Waals surface area contributed by atoms with Gasteiger partial charge >= 0.3 is 24.1 Å². The Morgan fingerprint density at radius 1 is 1.26 bits per heavy atom. The summed E-state index contributed by atoms with van der Waals surface area (Å²) >= 11 is 0. The van der Waals surface area contributed by atoms with Crippen LogP contribution in [0.15, 0.2) is 0 Å². The van der Waals surface area contributed by atoms with Crippen molar-refractivity contribution in [3.63, 3.8) is 0 Å². The zero-order valence-corrected chi connectivity index (χ0v) is 9.90. The van der Waals surface area contributed by atoms with E-state index >= 15 is 0 Å². The lowest BCUT2D eigenvalue weighted by Crippen LogP contribution is -2.50. The molecule has 7 nitrogen and oxygen atoms in total. The van der Waals surface area contributed by atoms with Crippen LogP contribution in [0.1, 0.15) is 13.3 Å². The normalized spacial score (nSPS) is 12.6. The van der Waals surface area contributed by atoms with Gasteiger partial charge in [-0.05, 0) is 6.92 Å². The molecular formula is C9H13F3N2O5. The van der Waals surface area contributed by atoms with Gasteiger partial charge in [-0.2, -0.15) is 13.2 Å². The van der Waals surface area contributed by atoms with Gasteiger partial charge in [0, 0.05) is 6.54 Å². The number of carboxylic acid groups (broad SMARTS) is 2. The maximum atomic E-state index is 12.1. The summed E-state index contributed by atoms with van der Waals surface area (Å²) < 4.78 is 36.4. The summed E-state index contributed by atoms with van der Waals surface area (Å²) in [6, 6.07) is -3.07. The lowest BCUT2D eigenvalue weighted by atomic mass is 10.2. The van der Waals surface area contributed by atoms with E-state index in [1.165, 1.54) is 6.92 Å². The smallest absolute Gasteiger partial charge is 0.406 e. The number of nitrogens with zero attached hydrogens (tertiary/aromatic N) is 1. The van der Waals surface area contributed by atoms with Crippen molar-refractivity contribution in [1.82, 2.24) is 10.2 Å². The summed E-state index contributed by atoms with van der Waals surface area (Å²) in [6.45, 7) is -0.572. The molecule has 0 aromatic carbocycles. The fraction of sp³-hybridized carbons (Fsp3) is 0.667. The second kappa shape index (κ2) is 6.81. The Balaban J connectivity index is 4.68. The van der Waals surface area contributed by atoms with Crippen LogP contribution in [0.2, 0.25) is 0 Å². The molecule has 0 radical (unpaired) electrons. The minimum Gasteiger partial charge on any atom is -0.481 e. The van der Waals surface area contributed by atoms with Gasteiger partial charge in [0.15, 0.2) is 0 Å². The van der Waals surface area contributed by atoms with E-state index in [1.54, 1.807) is 5.32 Å². The molecule has 0 aliphatic heterocycles. The highest BCUT2D eigenvalue weighted by Crippen LogP contribution is 2.16. The van der Waals surface area contributed by atoms with Crippen molar-refractivity contribution in [3.8, 4) is 0 Å². The number of rotatable bonds is 6. The van der Waals surface area contributed by atoms with Gasteiger partial charge < -0.3 is 20.4 Å². The molecule has 1 unspecified atom stereocenters. The van der Waals surface area contributed by atoms with Crippen molar-refractivity contribution < 1.29 is 37.8 Å². The first kappa shape index (κ1) is 17.0. The summed E-state index contributed by atoms with van der Waals surface area (Å²) in [5.74, 6) is -3.13. The van der Waals surface area contributed by atoms with Crippen molar-refractivity contribution >= 4 is 18.0 Å². The second-order valence-corrected chi connectivity index (χ2v) is 3.57. The Kier molecular flexibility index (Phi) is 6.09. The molecule has 1 atom stereocenters. The van der Waals surface area contributed by atoms with E-state index < -0.39 is 43.2 Å². The number of halogens is 3. The molecule has 110 valence electrons. The van der Waals surface area contributed by atoms with Crippen LogP contribution in [0.5, 0.6) is 0 Å². The van der Waals surface area contributed by atoms with Crippen LogP contribution in [-0.4, -0.2) is 58.4 Å². The molecule has 0 bridgehead atoms. The highest BCUT2D eigenvalue weighted by molar-refractivity contribution is 5.86. The number of carbonyl (C=O) groups excluding carboxylic acids is 1. The van der Waals surface area contributed by atoms with E-state index in [0.29, 0.717) is 4.90 Å². The topological polar surface area (TPSA) is 107 Å². The summed E-state index contributed by atoms with van der Waals surface area (Å²) in [5.41, 5.74) is 0. The maximum absolute atomic E-state index is 12.1. The number of carbonyl (C=O) groups is 3. The third kappa shape index (κ3) is 7.11. The van der Waals surface area contributed by atoms with Crippen molar-refractivity contribution in [2.45, 2.75) is 25.6 Å². The molecule has 0 saturated heterocycles. The Morgan fingerprint density at radius 2 is 1.79 bits per heavy atom. The van der Waals surface area contributed by atoms with E-state index in [9.17, 15) is 27.6 Å². The lowest BCUT2D eigenvalue weighted by molar-refractivity contribution is -0.146. The third-order valence-corrected chi connectivity index (χ3v) is 2.01. The van der Waals surface area contributed by atoms with Gasteiger partial charge in [0.05, 0.1) is 6.42 Å². The van der Waals surface area contributed by atoms with E-state index in [1.807, 2.05) is 0 Å². The number of urea groups is 1. The van der Waals surface area contributed by atoms with Crippen LogP contribution in [0.4, 0.5) is 18.0 Å². The highest BCUT2D eigenvalue weighted by atomic mass is 19.4. The van der Waals surface area contributed by atoms with Gasteiger partial charge in [-0.15, -0.1) is 0 Å². The predicted octanol–water partition coefficient (Wildman–Crippen LogP) is 0.508. The van der Waals surface area contributed by atoms with Crippen molar-refractivity contribution in [2.24, 2.45) is 0 Å². The Labute approximate surface area is 106 Å². The largest absolute Gasteiger partial charge is 0.481 e. The number of nitrogens with one attached hydrogen (secondary N) is 1. The molecule has 0 heterocycles. The number of hydrogen-bond donors (Lipinski definition) is 3. The maximum Gasteiger partial charge on any atom is 0.406 e. The molecule has 0 spiro atoms. The van der Waals surface area contributed by atoms with Gasteiger partial charge in [0.1, 0.15) is 12.6 Å². The summed E-state index contributed by atoms with van der Waals surface area (Å²) in [4.78, 5) is 32.7. The van der Waals surface area contributed by atoms with E-state index in [-0.39, 0.29) is 6.54 Å². The second-order valence-electron chi connectivity index (χ2n) is 3.57. The fourth-order valence-electron chi connectivity index (χ4n) is 1.16. The molecule has 3 N–H and O–H groups in total. The monoisotopic (exact) mass is 286 g/mol. The molecule has 0 aliphatic rings. The molecule has 0 saturated carbocycles. The first-order valence-electron chi connectivity index (χ1n) is 5.13. The zero-order valence-electron chi connectivity index (χ0n) is 9.90. The molecule has 0 rings (SSSR count). The first-order chi connectivity index (χ1) is 8.56. The molecule has 10 heteroatoms. The Morgan fingerprint density at radius 3 is 2.11 bits per heavy atom. The van der Waals surface area contributed by atoms with Crippen LogP contribution in [0.3, 0.4) is 0 Å². The summed E-state index contributed by atoms with van der Waals surface area (Å²) in [7, 11) is 0. The lowest BCUT2D eigenvalue weighted by Gasteiger charge is -2.24. The van der Waals surface area contributed by atoms with Crippen LogP contribution in [0, 0.1) is 0 Å². The van der Waals surface area contributed by atoms with Crippen LogP contribution >= 0.6 is 0 Å². The molecule has 2 amide bonds. The van der Waals surface area contributed by atoms with Crippen LogP contribution in [0.25, 0.3) is 0 Å². The van der Waals surface area contributed by atoms with Gasteiger partial charge in [-0.1, -0.05) is 0 Å². The number of alkyl halides is 3. The first-order valence-corrected chi connectivity index (χ1v) is 5.13. The average Bonchev–Trinajstić information content (AvgIpc) is 2.22. The SMILES string of the molecule is CCN(CC(F)(F)F)C(=O)NC(CC(=O)O)C(=O)O.